The Labute approximate surface area is 112 Å². The van der Waals surface area contributed by atoms with Crippen molar-refractivity contribution in [3.63, 3.8) is 0 Å². The summed E-state index contributed by atoms with van der Waals surface area (Å²) in [5.41, 5.74) is 0.183. The molecule has 0 bridgehead atoms. The summed E-state index contributed by atoms with van der Waals surface area (Å²) >= 11 is 5.72. The van der Waals surface area contributed by atoms with Gasteiger partial charge in [-0.3, -0.25) is 4.79 Å². The van der Waals surface area contributed by atoms with Crippen molar-refractivity contribution in [3.8, 4) is 5.75 Å². The van der Waals surface area contributed by atoms with Crippen LogP contribution in [0.2, 0.25) is 5.02 Å². The van der Waals surface area contributed by atoms with Gasteiger partial charge in [-0.1, -0.05) is 11.6 Å². The van der Waals surface area contributed by atoms with E-state index in [1.165, 1.54) is 25.3 Å². The molecule has 0 atom stereocenters. The van der Waals surface area contributed by atoms with E-state index >= 15 is 0 Å². The van der Waals surface area contributed by atoms with Crippen LogP contribution in [-0.2, 0) is 9.53 Å². The van der Waals surface area contributed by atoms with Gasteiger partial charge in [-0.15, -0.1) is 0 Å². The molecule has 8 heteroatoms. The second-order valence-electron chi connectivity index (χ2n) is 3.47. The van der Waals surface area contributed by atoms with Crippen molar-refractivity contribution in [1.29, 1.82) is 0 Å². The third-order valence-corrected chi connectivity index (χ3v) is 2.22. The van der Waals surface area contributed by atoms with Crippen LogP contribution >= 0.6 is 11.6 Å². The van der Waals surface area contributed by atoms with Crippen LogP contribution in [-0.4, -0.2) is 32.4 Å². The smallest absolute Gasteiger partial charge is 0.422 e. The van der Waals surface area contributed by atoms with Crippen LogP contribution < -0.4 is 10.1 Å². The van der Waals surface area contributed by atoms with Crippen molar-refractivity contribution < 1.29 is 27.4 Å². The van der Waals surface area contributed by atoms with Crippen molar-refractivity contribution in [2.45, 2.75) is 6.18 Å². The number of nitrogens with one attached hydrogen (secondary N) is 1. The molecule has 0 heterocycles. The van der Waals surface area contributed by atoms with Crippen LogP contribution in [0.4, 0.5) is 18.9 Å². The van der Waals surface area contributed by atoms with Gasteiger partial charge in [0, 0.05) is 5.02 Å². The Kier molecular flexibility index (Phi) is 5.29. The Morgan fingerprint density at radius 2 is 2.11 bits per heavy atom. The zero-order valence-electron chi connectivity index (χ0n) is 9.88. The topological polar surface area (TPSA) is 47.6 Å². The predicted molar refractivity (Wildman–Crippen MR) is 63.5 cm³/mol. The molecule has 1 aromatic rings. The van der Waals surface area contributed by atoms with Crippen LogP contribution in [0.5, 0.6) is 5.75 Å². The van der Waals surface area contributed by atoms with E-state index in [1.807, 2.05) is 0 Å². The van der Waals surface area contributed by atoms with E-state index in [0.717, 1.165) is 0 Å². The van der Waals surface area contributed by atoms with Gasteiger partial charge < -0.3 is 14.8 Å². The molecule has 0 spiro atoms. The van der Waals surface area contributed by atoms with E-state index in [1.54, 1.807) is 0 Å². The number of carbonyl (C=O) groups excluding carboxylic acids is 1. The first-order valence-corrected chi connectivity index (χ1v) is 5.49. The maximum atomic E-state index is 12.1. The first-order chi connectivity index (χ1) is 8.81. The minimum Gasteiger partial charge on any atom is -0.482 e. The van der Waals surface area contributed by atoms with E-state index in [4.69, 9.17) is 11.6 Å². The number of methoxy groups -OCH3 is 1. The molecule has 0 unspecified atom stereocenters. The first-order valence-electron chi connectivity index (χ1n) is 5.11. The Morgan fingerprint density at radius 3 is 2.68 bits per heavy atom. The summed E-state index contributed by atoms with van der Waals surface area (Å²) in [6.07, 6.45) is -4.45. The first kappa shape index (κ1) is 15.4. The van der Waals surface area contributed by atoms with Crippen LogP contribution in [0.1, 0.15) is 0 Å². The second kappa shape index (κ2) is 6.51. The molecule has 0 fully saturated rings. The fourth-order valence-corrected chi connectivity index (χ4v) is 1.34. The average molecular weight is 298 g/mol. The van der Waals surface area contributed by atoms with E-state index < -0.39 is 18.8 Å². The number of ether oxygens (including phenoxy) is 2. The summed E-state index contributed by atoms with van der Waals surface area (Å²) in [6.45, 7) is -1.64. The van der Waals surface area contributed by atoms with Gasteiger partial charge in [0.25, 0.3) is 0 Å². The second-order valence-corrected chi connectivity index (χ2v) is 3.91. The summed E-state index contributed by atoms with van der Waals surface area (Å²) in [4.78, 5) is 11.0. The zero-order valence-corrected chi connectivity index (χ0v) is 10.6. The highest BCUT2D eigenvalue weighted by Gasteiger charge is 2.28. The monoisotopic (exact) mass is 297 g/mol. The Bertz CT molecular complexity index is 451. The highest BCUT2D eigenvalue weighted by molar-refractivity contribution is 6.30. The lowest BCUT2D eigenvalue weighted by molar-refractivity contribution is -0.153. The number of hydrogen-bond acceptors (Lipinski definition) is 4. The Hall–Kier alpha value is -1.63. The molecule has 19 heavy (non-hydrogen) atoms. The molecular formula is C11H11ClF3NO3. The minimum absolute atomic E-state index is 0.0503. The summed E-state index contributed by atoms with van der Waals surface area (Å²) in [7, 11) is 1.20. The van der Waals surface area contributed by atoms with Gasteiger partial charge in [-0.2, -0.15) is 13.2 Å². The lowest BCUT2D eigenvalue weighted by Crippen LogP contribution is -2.20. The molecule has 1 rings (SSSR count). The van der Waals surface area contributed by atoms with E-state index in [-0.39, 0.29) is 18.0 Å². The fraction of sp³-hybridized carbons (Fsp3) is 0.364. The molecule has 106 valence electrons. The molecule has 0 aromatic heterocycles. The van der Waals surface area contributed by atoms with Crippen molar-refractivity contribution in [3.05, 3.63) is 23.2 Å². The molecule has 1 N–H and O–H groups in total. The SMILES string of the molecule is COC(=O)CNc1cc(Cl)ccc1OCC(F)(F)F. The largest absolute Gasteiger partial charge is 0.482 e. The number of rotatable bonds is 5. The normalized spacial score (nSPS) is 11.0. The Morgan fingerprint density at radius 1 is 1.42 bits per heavy atom. The van der Waals surface area contributed by atoms with Crippen LogP contribution in [0.25, 0.3) is 0 Å². The predicted octanol–water partition coefficient (Wildman–Crippen LogP) is 2.87. The number of esters is 1. The van der Waals surface area contributed by atoms with E-state index in [9.17, 15) is 18.0 Å². The van der Waals surface area contributed by atoms with Gasteiger partial charge >= 0.3 is 12.1 Å². The van der Waals surface area contributed by atoms with Crippen LogP contribution in [0.3, 0.4) is 0 Å². The molecule has 0 saturated carbocycles. The number of alkyl halides is 3. The number of benzene rings is 1. The maximum Gasteiger partial charge on any atom is 0.422 e. The summed E-state index contributed by atoms with van der Waals surface area (Å²) in [6, 6.07) is 4.03. The molecule has 4 nitrogen and oxygen atoms in total. The highest BCUT2D eigenvalue weighted by atomic mass is 35.5. The van der Waals surface area contributed by atoms with E-state index in [0.29, 0.717) is 5.02 Å². The van der Waals surface area contributed by atoms with Crippen molar-refractivity contribution >= 4 is 23.3 Å². The van der Waals surface area contributed by atoms with Crippen molar-refractivity contribution in [2.24, 2.45) is 0 Å². The molecule has 0 aliphatic carbocycles. The third-order valence-electron chi connectivity index (χ3n) is 1.98. The molecule has 0 saturated heterocycles. The van der Waals surface area contributed by atoms with Crippen molar-refractivity contribution in [1.82, 2.24) is 0 Å². The lowest BCUT2D eigenvalue weighted by Gasteiger charge is -2.14. The third kappa shape index (κ3) is 5.69. The maximum absolute atomic E-state index is 12.1. The summed E-state index contributed by atoms with van der Waals surface area (Å²) in [5, 5.41) is 2.89. The average Bonchev–Trinajstić information content (AvgIpc) is 2.33. The number of carbonyl (C=O) groups is 1. The molecule has 0 aliphatic heterocycles. The van der Waals surface area contributed by atoms with Crippen molar-refractivity contribution in [2.75, 3.05) is 25.6 Å². The van der Waals surface area contributed by atoms with Gasteiger partial charge in [0.2, 0.25) is 0 Å². The minimum atomic E-state index is -4.45. The quantitative estimate of drug-likeness (QED) is 0.849. The standard InChI is InChI=1S/C11H11ClF3NO3/c1-18-10(17)5-16-8-4-7(12)2-3-9(8)19-6-11(13,14)15/h2-4,16H,5-6H2,1H3. The molecule has 0 aliphatic rings. The molecule has 1 aromatic carbocycles. The summed E-state index contributed by atoms with van der Waals surface area (Å²) < 4.78 is 45.3. The van der Waals surface area contributed by atoms with Gasteiger partial charge in [-0.05, 0) is 18.2 Å². The fourth-order valence-electron chi connectivity index (χ4n) is 1.17. The van der Waals surface area contributed by atoms with Gasteiger partial charge in [0.05, 0.1) is 12.8 Å². The van der Waals surface area contributed by atoms with Crippen LogP contribution in [0, 0.1) is 0 Å². The highest BCUT2D eigenvalue weighted by Crippen LogP contribution is 2.29. The molecule has 0 amide bonds. The Balaban J connectivity index is 2.76. The van der Waals surface area contributed by atoms with Crippen LogP contribution in [0.15, 0.2) is 18.2 Å². The number of hydrogen-bond donors (Lipinski definition) is 1. The van der Waals surface area contributed by atoms with E-state index in [2.05, 4.69) is 14.8 Å². The lowest BCUT2D eigenvalue weighted by atomic mass is 10.3. The number of halogens is 4. The number of anilines is 1. The van der Waals surface area contributed by atoms with Gasteiger partial charge in [0.1, 0.15) is 12.3 Å². The van der Waals surface area contributed by atoms with Gasteiger partial charge in [-0.25, -0.2) is 0 Å². The summed E-state index contributed by atoms with van der Waals surface area (Å²) in [5.74, 6) is -0.618. The molecule has 0 radical (unpaired) electrons. The zero-order chi connectivity index (χ0) is 14.5. The van der Waals surface area contributed by atoms with Gasteiger partial charge in [0.15, 0.2) is 6.61 Å². The molecular weight excluding hydrogens is 287 g/mol.